The van der Waals surface area contributed by atoms with Crippen LogP contribution in [0.3, 0.4) is 0 Å². The van der Waals surface area contributed by atoms with E-state index in [1.807, 2.05) is 56.9 Å². The molecular weight excluding hydrogens is 289 g/mol. The predicted octanol–water partition coefficient (Wildman–Crippen LogP) is 2.47. The summed E-state index contributed by atoms with van der Waals surface area (Å²) < 4.78 is 12.2. The van der Waals surface area contributed by atoms with Gasteiger partial charge in [-0.05, 0) is 57.6 Å². The highest BCUT2D eigenvalue weighted by Crippen LogP contribution is 2.36. The highest BCUT2D eigenvalue weighted by atomic mass is 16.7. The predicted molar refractivity (Wildman–Crippen MR) is 91.8 cm³/mol. The van der Waals surface area contributed by atoms with Crippen molar-refractivity contribution in [3.05, 3.63) is 29.8 Å². The average molecular weight is 315 g/mol. The summed E-state index contributed by atoms with van der Waals surface area (Å²) in [7, 11) is -0.426. The van der Waals surface area contributed by atoms with E-state index in [0.717, 1.165) is 25.0 Å². The largest absolute Gasteiger partial charge is 0.494 e. The van der Waals surface area contributed by atoms with Crippen LogP contribution in [0.5, 0.6) is 0 Å². The Kier molecular flexibility index (Phi) is 4.05. The van der Waals surface area contributed by atoms with Gasteiger partial charge in [-0.1, -0.05) is 19.1 Å². The molecule has 1 aromatic carbocycles. The van der Waals surface area contributed by atoms with Gasteiger partial charge >= 0.3 is 7.12 Å². The maximum Gasteiger partial charge on any atom is 0.494 e. The van der Waals surface area contributed by atoms with E-state index in [-0.39, 0.29) is 17.1 Å². The van der Waals surface area contributed by atoms with Crippen LogP contribution in [0, 0.1) is 5.92 Å². The summed E-state index contributed by atoms with van der Waals surface area (Å²) in [4.78, 5) is 14.6. The summed E-state index contributed by atoms with van der Waals surface area (Å²) in [6.45, 7) is 12.0. The maximum atomic E-state index is 12.7. The molecular formula is C18H26BNO3. The quantitative estimate of drug-likeness (QED) is 0.787. The van der Waals surface area contributed by atoms with Crippen LogP contribution in [0.25, 0.3) is 0 Å². The molecule has 23 heavy (non-hydrogen) atoms. The van der Waals surface area contributed by atoms with E-state index in [0.29, 0.717) is 11.5 Å². The van der Waals surface area contributed by atoms with Crippen molar-refractivity contribution < 1.29 is 14.1 Å². The molecule has 1 aromatic rings. The van der Waals surface area contributed by atoms with Crippen LogP contribution in [0.15, 0.2) is 24.3 Å². The highest BCUT2D eigenvalue weighted by Gasteiger charge is 2.51. The minimum atomic E-state index is -0.426. The molecule has 2 heterocycles. The fraction of sp³-hybridized carbons (Fsp3) is 0.611. The van der Waals surface area contributed by atoms with Crippen LogP contribution in [-0.2, 0) is 9.31 Å². The van der Waals surface area contributed by atoms with E-state index >= 15 is 0 Å². The van der Waals surface area contributed by atoms with Crippen molar-refractivity contribution in [2.75, 3.05) is 13.1 Å². The third-order valence-electron chi connectivity index (χ3n) is 5.37. The fourth-order valence-electron chi connectivity index (χ4n) is 3.10. The number of carbonyl (C=O) groups is 1. The number of hydrogen-bond donors (Lipinski definition) is 0. The molecule has 0 N–H and O–H groups in total. The van der Waals surface area contributed by atoms with E-state index in [9.17, 15) is 4.79 Å². The Bertz CT molecular complexity index is 598. The van der Waals surface area contributed by atoms with E-state index in [2.05, 4.69) is 6.92 Å². The van der Waals surface area contributed by atoms with Crippen molar-refractivity contribution in [2.45, 2.75) is 52.2 Å². The minimum absolute atomic E-state index is 0.104. The third kappa shape index (κ3) is 3.04. The second-order valence-corrected chi connectivity index (χ2v) is 7.86. The summed E-state index contributed by atoms with van der Waals surface area (Å²) in [6.07, 6.45) is 1.09. The summed E-state index contributed by atoms with van der Waals surface area (Å²) in [6, 6.07) is 7.66. The highest BCUT2D eigenvalue weighted by molar-refractivity contribution is 6.62. The van der Waals surface area contributed by atoms with Crippen molar-refractivity contribution >= 4 is 18.5 Å². The standard InChI is InChI=1S/C18H26BNO3/c1-13-9-10-20(12-13)16(21)14-7-6-8-15(11-14)19-22-17(2,3)18(4,5)23-19/h6-8,11,13H,9-10,12H2,1-5H3/t13-/m1/s1. The fourth-order valence-corrected chi connectivity index (χ4v) is 3.10. The molecule has 1 atom stereocenters. The Morgan fingerprint density at radius 3 is 2.43 bits per heavy atom. The zero-order valence-corrected chi connectivity index (χ0v) is 14.8. The second kappa shape index (κ2) is 5.64. The van der Waals surface area contributed by atoms with Gasteiger partial charge in [-0.3, -0.25) is 4.79 Å². The molecule has 2 aliphatic heterocycles. The van der Waals surface area contributed by atoms with Gasteiger partial charge in [-0.2, -0.15) is 0 Å². The molecule has 5 heteroatoms. The topological polar surface area (TPSA) is 38.8 Å². The summed E-state index contributed by atoms with van der Waals surface area (Å²) >= 11 is 0. The first kappa shape index (κ1) is 16.5. The Balaban J connectivity index is 1.80. The summed E-state index contributed by atoms with van der Waals surface area (Å²) in [5.74, 6) is 0.693. The van der Waals surface area contributed by atoms with Gasteiger partial charge in [-0.15, -0.1) is 0 Å². The Morgan fingerprint density at radius 2 is 1.87 bits per heavy atom. The Labute approximate surface area is 139 Å². The van der Waals surface area contributed by atoms with Gasteiger partial charge in [0.05, 0.1) is 11.2 Å². The monoisotopic (exact) mass is 315 g/mol. The molecule has 0 spiro atoms. The zero-order valence-electron chi connectivity index (χ0n) is 14.8. The number of benzene rings is 1. The van der Waals surface area contributed by atoms with Crippen LogP contribution >= 0.6 is 0 Å². The zero-order chi connectivity index (χ0) is 16.8. The van der Waals surface area contributed by atoms with E-state index in [1.54, 1.807) is 0 Å². The van der Waals surface area contributed by atoms with Gasteiger partial charge < -0.3 is 14.2 Å². The van der Waals surface area contributed by atoms with E-state index < -0.39 is 7.12 Å². The normalized spacial score (nSPS) is 25.9. The average Bonchev–Trinajstić information content (AvgIpc) is 3.00. The first-order valence-corrected chi connectivity index (χ1v) is 8.44. The number of likely N-dealkylation sites (tertiary alicyclic amines) is 1. The molecule has 0 aliphatic carbocycles. The molecule has 3 rings (SSSR count). The Hall–Kier alpha value is -1.33. The molecule has 2 fully saturated rings. The molecule has 0 radical (unpaired) electrons. The van der Waals surface area contributed by atoms with E-state index in [4.69, 9.17) is 9.31 Å². The van der Waals surface area contributed by atoms with Gasteiger partial charge in [-0.25, -0.2) is 0 Å². The minimum Gasteiger partial charge on any atom is -0.399 e. The molecule has 2 saturated heterocycles. The molecule has 2 aliphatic rings. The molecule has 0 saturated carbocycles. The number of amides is 1. The first-order valence-electron chi connectivity index (χ1n) is 8.44. The van der Waals surface area contributed by atoms with Crippen molar-refractivity contribution in [3.8, 4) is 0 Å². The van der Waals surface area contributed by atoms with Crippen LogP contribution < -0.4 is 5.46 Å². The number of nitrogens with zero attached hydrogens (tertiary/aromatic N) is 1. The van der Waals surface area contributed by atoms with Gasteiger partial charge in [0.25, 0.3) is 5.91 Å². The van der Waals surface area contributed by atoms with Crippen molar-refractivity contribution in [3.63, 3.8) is 0 Å². The molecule has 124 valence electrons. The lowest BCUT2D eigenvalue weighted by molar-refractivity contribution is 0.00578. The lowest BCUT2D eigenvalue weighted by Crippen LogP contribution is -2.41. The number of rotatable bonds is 2. The molecule has 0 unspecified atom stereocenters. The third-order valence-corrected chi connectivity index (χ3v) is 5.37. The molecule has 1 amide bonds. The lowest BCUT2D eigenvalue weighted by atomic mass is 9.78. The molecule has 0 aromatic heterocycles. The van der Waals surface area contributed by atoms with Crippen molar-refractivity contribution in [2.24, 2.45) is 5.92 Å². The SMILES string of the molecule is C[C@@H]1CCN(C(=O)c2cccc(B3OC(C)(C)C(C)(C)O3)c2)C1. The van der Waals surface area contributed by atoms with Crippen molar-refractivity contribution in [1.29, 1.82) is 0 Å². The van der Waals surface area contributed by atoms with Gasteiger partial charge in [0.2, 0.25) is 0 Å². The second-order valence-electron chi connectivity index (χ2n) is 7.86. The smallest absolute Gasteiger partial charge is 0.399 e. The van der Waals surface area contributed by atoms with Crippen LogP contribution in [0.1, 0.15) is 51.4 Å². The van der Waals surface area contributed by atoms with Crippen LogP contribution in [-0.4, -0.2) is 42.2 Å². The summed E-state index contributed by atoms with van der Waals surface area (Å²) in [5.41, 5.74) is 0.873. The van der Waals surface area contributed by atoms with E-state index in [1.165, 1.54) is 0 Å². The van der Waals surface area contributed by atoms with Crippen LogP contribution in [0.2, 0.25) is 0 Å². The number of hydrogen-bond acceptors (Lipinski definition) is 3. The van der Waals surface area contributed by atoms with Gasteiger partial charge in [0.1, 0.15) is 0 Å². The maximum absolute atomic E-state index is 12.7. The molecule has 0 bridgehead atoms. The lowest BCUT2D eigenvalue weighted by Gasteiger charge is -2.32. The van der Waals surface area contributed by atoms with Gasteiger partial charge in [0, 0.05) is 18.7 Å². The van der Waals surface area contributed by atoms with Crippen LogP contribution in [0.4, 0.5) is 0 Å². The first-order chi connectivity index (χ1) is 10.7. The number of carbonyl (C=O) groups excluding carboxylic acids is 1. The molecule has 4 nitrogen and oxygen atoms in total. The van der Waals surface area contributed by atoms with Crippen molar-refractivity contribution in [1.82, 2.24) is 4.90 Å². The van der Waals surface area contributed by atoms with Gasteiger partial charge in [0.15, 0.2) is 0 Å². The summed E-state index contributed by atoms with van der Waals surface area (Å²) in [5, 5.41) is 0. The Morgan fingerprint density at radius 1 is 1.22 bits per heavy atom.